The van der Waals surface area contributed by atoms with Crippen LogP contribution in [0, 0.1) is 0 Å². The molecule has 0 unspecified atom stereocenters. The van der Waals surface area contributed by atoms with Crippen LogP contribution in [0.25, 0.3) is 0 Å². The van der Waals surface area contributed by atoms with Gasteiger partial charge in [-0.1, -0.05) is 29.3 Å². The molecule has 0 atom stereocenters. The molecule has 0 aliphatic rings. The average Bonchev–Trinajstić information content (AvgIpc) is 2.44. The Morgan fingerprint density at radius 1 is 1.24 bits per heavy atom. The second-order valence-corrected chi connectivity index (χ2v) is 5.84. The first kappa shape index (κ1) is 16.0. The number of nitrogens with one attached hydrogen (secondary N) is 1. The lowest BCUT2D eigenvalue weighted by Crippen LogP contribution is -2.32. The van der Waals surface area contributed by atoms with Crippen LogP contribution in [-0.4, -0.2) is 28.6 Å². The van der Waals surface area contributed by atoms with Gasteiger partial charge < -0.3 is 10.2 Å². The third-order valence-corrected chi connectivity index (χ3v) is 3.74. The quantitative estimate of drug-likeness (QED) is 0.842. The van der Waals surface area contributed by atoms with Crippen molar-refractivity contribution in [2.24, 2.45) is 0 Å². The summed E-state index contributed by atoms with van der Waals surface area (Å²) in [7, 11) is 1.93. The summed E-state index contributed by atoms with van der Waals surface area (Å²) in [5.74, 6) is 0. The van der Waals surface area contributed by atoms with Crippen molar-refractivity contribution in [2.45, 2.75) is 6.42 Å². The van der Waals surface area contributed by atoms with Crippen LogP contribution in [0.4, 0.5) is 5.69 Å². The number of nitrogens with zero attached hydrogens (tertiary/aromatic N) is 2. The van der Waals surface area contributed by atoms with Gasteiger partial charge in [-0.25, -0.2) is 0 Å². The third-order valence-electron chi connectivity index (χ3n) is 2.89. The minimum Gasteiger partial charge on any atom is -0.352 e. The summed E-state index contributed by atoms with van der Waals surface area (Å²) in [6.07, 6.45) is 2.62. The highest BCUT2D eigenvalue weighted by molar-refractivity contribution is 7.80. The number of aromatic nitrogens is 1. The first-order valence-corrected chi connectivity index (χ1v) is 7.59. The highest BCUT2D eigenvalue weighted by atomic mass is 35.5. The molecule has 1 aromatic carbocycles. The second-order valence-electron chi connectivity index (χ2n) is 4.58. The fraction of sp³-hybridized carbons (Fsp3) is 0.200. The molecule has 1 heterocycles. The van der Waals surface area contributed by atoms with E-state index in [1.54, 1.807) is 24.4 Å². The lowest BCUT2D eigenvalue weighted by molar-refractivity contribution is 0.512. The zero-order valence-electron chi connectivity index (χ0n) is 11.5. The number of benzene rings is 1. The summed E-state index contributed by atoms with van der Waals surface area (Å²) in [6.45, 7) is 0.775. The number of hydrogen-bond acceptors (Lipinski definition) is 2. The molecule has 2 aromatic rings. The number of hydrogen-bond donors (Lipinski definition) is 1. The molecule has 110 valence electrons. The zero-order chi connectivity index (χ0) is 15.2. The molecule has 0 amide bonds. The van der Waals surface area contributed by atoms with E-state index >= 15 is 0 Å². The van der Waals surface area contributed by atoms with Crippen LogP contribution in [0.5, 0.6) is 0 Å². The summed E-state index contributed by atoms with van der Waals surface area (Å²) in [4.78, 5) is 6.25. The fourth-order valence-corrected chi connectivity index (χ4v) is 2.51. The Bertz CT molecular complexity index is 599. The fourth-order valence-electron chi connectivity index (χ4n) is 1.77. The summed E-state index contributed by atoms with van der Waals surface area (Å²) >= 11 is 17.3. The molecule has 0 spiro atoms. The Labute approximate surface area is 139 Å². The van der Waals surface area contributed by atoms with Crippen LogP contribution in [-0.2, 0) is 6.42 Å². The van der Waals surface area contributed by atoms with Crippen LogP contribution >= 0.6 is 35.4 Å². The van der Waals surface area contributed by atoms with E-state index in [2.05, 4.69) is 10.3 Å². The van der Waals surface area contributed by atoms with Crippen LogP contribution in [0.1, 0.15) is 5.69 Å². The maximum Gasteiger partial charge on any atom is 0.173 e. The summed E-state index contributed by atoms with van der Waals surface area (Å²) in [6, 6.07) is 11.1. The van der Waals surface area contributed by atoms with Crippen LogP contribution < -0.4 is 5.32 Å². The molecule has 21 heavy (non-hydrogen) atoms. The lowest BCUT2D eigenvalue weighted by Gasteiger charge is -2.21. The van der Waals surface area contributed by atoms with Crippen molar-refractivity contribution in [3.63, 3.8) is 0 Å². The molecule has 1 aromatic heterocycles. The van der Waals surface area contributed by atoms with Gasteiger partial charge in [0.05, 0.1) is 0 Å². The van der Waals surface area contributed by atoms with E-state index < -0.39 is 0 Å². The summed E-state index contributed by atoms with van der Waals surface area (Å²) in [5, 5.41) is 4.89. The smallest absolute Gasteiger partial charge is 0.173 e. The lowest BCUT2D eigenvalue weighted by atomic mass is 10.2. The van der Waals surface area contributed by atoms with Crippen molar-refractivity contribution in [3.05, 3.63) is 58.3 Å². The van der Waals surface area contributed by atoms with Gasteiger partial charge in [0.2, 0.25) is 0 Å². The van der Waals surface area contributed by atoms with E-state index in [-0.39, 0.29) is 0 Å². The molecule has 2 rings (SSSR count). The summed E-state index contributed by atoms with van der Waals surface area (Å²) in [5.41, 5.74) is 1.82. The van der Waals surface area contributed by atoms with Gasteiger partial charge in [-0.3, -0.25) is 4.98 Å². The molecular formula is C15H15Cl2N3S. The van der Waals surface area contributed by atoms with E-state index in [9.17, 15) is 0 Å². The van der Waals surface area contributed by atoms with Gasteiger partial charge in [-0.15, -0.1) is 0 Å². The number of anilines is 1. The van der Waals surface area contributed by atoms with Gasteiger partial charge in [0.1, 0.15) is 0 Å². The van der Waals surface area contributed by atoms with Crippen LogP contribution in [0.15, 0.2) is 42.6 Å². The molecule has 0 saturated heterocycles. The largest absolute Gasteiger partial charge is 0.352 e. The second kappa shape index (κ2) is 7.59. The van der Waals surface area contributed by atoms with Crippen LogP contribution in [0.3, 0.4) is 0 Å². The molecule has 0 bridgehead atoms. The Morgan fingerprint density at radius 3 is 2.57 bits per heavy atom. The minimum atomic E-state index is 0.573. The third kappa shape index (κ3) is 5.16. The number of likely N-dealkylation sites (N-methyl/N-ethyl adjacent to an activating group) is 1. The average molecular weight is 340 g/mol. The zero-order valence-corrected chi connectivity index (χ0v) is 13.8. The van der Waals surface area contributed by atoms with Crippen molar-refractivity contribution in [1.29, 1.82) is 0 Å². The van der Waals surface area contributed by atoms with Gasteiger partial charge in [0, 0.05) is 47.6 Å². The number of halogens is 2. The molecule has 3 nitrogen and oxygen atoms in total. The van der Waals surface area contributed by atoms with Crippen molar-refractivity contribution in [3.8, 4) is 0 Å². The SMILES string of the molecule is CN(CCc1ccccn1)C(=S)Nc1cc(Cl)cc(Cl)c1. The van der Waals surface area contributed by atoms with E-state index in [0.29, 0.717) is 15.2 Å². The standard InChI is InChI=1S/C15H15Cl2N3S/c1-20(7-5-13-4-2-3-6-18-13)15(21)19-14-9-11(16)8-12(17)10-14/h2-4,6,8-10H,5,7H2,1H3,(H,19,21). The topological polar surface area (TPSA) is 28.2 Å². The predicted octanol–water partition coefficient (Wildman–Crippen LogP) is 4.26. The summed E-state index contributed by atoms with van der Waals surface area (Å²) < 4.78 is 0. The van der Waals surface area contributed by atoms with Crippen LogP contribution in [0.2, 0.25) is 10.0 Å². The monoisotopic (exact) mass is 339 g/mol. The highest BCUT2D eigenvalue weighted by Crippen LogP contribution is 2.22. The normalized spacial score (nSPS) is 10.2. The highest BCUT2D eigenvalue weighted by Gasteiger charge is 2.06. The van der Waals surface area contributed by atoms with E-state index in [4.69, 9.17) is 35.4 Å². The van der Waals surface area contributed by atoms with Gasteiger partial charge in [0.15, 0.2) is 5.11 Å². The first-order valence-electron chi connectivity index (χ1n) is 6.43. The molecule has 1 N–H and O–H groups in total. The maximum atomic E-state index is 5.96. The Morgan fingerprint density at radius 2 is 1.95 bits per heavy atom. The van der Waals surface area contributed by atoms with Gasteiger partial charge >= 0.3 is 0 Å². The Balaban J connectivity index is 1.90. The molecule has 0 aliphatic heterocycles. The first-order chi connectivity index (χ1) is 10.0. The number of pyridine rings is 1. The molecule has 0 radical (unpaired) electrons. The van der Waals surface area contributed by atoms with Crippen molar-refractivity contribution < 1.29 is 0 Å². The maximum absolute atomic E-state index is 5.96. The molecule has 0 aliphatic carbocycles. The number of rotatable bonds is 4. The van der Waals surface area contributed by atoms with E-state index in [1.165, 1.54) is 0 Å². The predicted molar refractivity (Wildman–Crippen MR) is 93.3 cm³/mol. The van der Waals surface area contributed by atoms with E-state index in [0.717, 1.165) is 24.3 Å². The molecular weight excluding hydrogens is 325 g/mol. The van der Waals surface area contributed by atoms with Crippen molar-refractivity contribution in [2.75, 3.05) is 18.9 Å². The van der Waals surface area contributed by atoms with E-state index in [1.807, 2.05) is 30.1 Å². The van der Waals surface area contributed by atoms with Crippen molar-refractivity contribution in [1.82, 2.24) is 9.88 Å². The van der Waals surface area contributed by atoms with Gasteiger partial charge in [0.25, 0.3) is 0 Å². The molecule has 0 saturated carbocycles. The van der Waals surface area contributed by atoms with Crippen molar-refractivity contribution >= 4 is 46.2 Å². The molecule has 0 fully saturated rings. The molecule has 6 heteroatoms. The number of thiocarbonyl (C=S) groups is 1. The van der Waals surface area contributed by atoms with Gasteiger partial charge in [-0.05, 0) is 42.5 Å². The van der Waals surface area contributed by atoms with Gasteiger partial charge in [-0.2, -0.15) is 0 Å². The Kier molecular flexibility index (Phi) is 5.79. The minimum absolute atomic E-state index is 0.573. The Hall–Kier alpha value is -1.36.